The van der Waals surface area contributed by atoms with Gasteiger partial charge < -0.3 is 10.2 Å². The molecule has 9 atom stereocenters. The Labute approximate surface area is 143 Å². The summed E-state index contributed by atoms with van der Waals surface area (Å²) in [4.78, 5) is 0.292. The van der Waals surface area contributed by atoms with Gasteiger partial charge in [-0.15, -0.1) is 0 Å². The summed E-state index contributed by atoms with van der Waals surface area (Å²) >= 11 is 3.75. The lowest BCUT2D eigenvalue weighted by Crippen LogP contribution is -2.54. The van der Waals surface area contributed by atoms with Gasteiger partial charge >= 0.3 is 0 Å². The summed E-state index contributed by atoms with van der Waals surface area (Å²) in [5, 5.41) is 20.8. The predicted octanol–water partition coefficient (Wildman–Crippen LogP) is 4.12. The van der Waals surface area contributed by atoms with Crippen LogP contribution in [0.25, 0.3) is 0 Å². The molecule has 4 fully saturated rings. The normalized spacial score (nSPS) is 61.2. The molecule has 1 unspecified atom stereocenters. The van der Waals surface area contributed by atoms with E-state index in [0.29, 0.717) is 16.2 Å². The molecule has 0 aliphatic heterocycles. The molecule has 22 heavy (non-hydrogen) atoms. The molecule has 0 radical (unpaired) electrons. The number of hydrogen-bond acceptors (Lipinski definition) is 2. The molecule has 126 valence electrons. The summed E-state index contributed by atoms with van der Waals surface area (Å²) in [5.41, 5.74) is 0.575. The Morgan fingerprint density at radius 3 is 2.36 bits per heavy atom. The second-order valence-corrected chi connectivity index (χ2v) is 10.5. The maximum Gasteiger partial charge on any atom is 0.0721 e. The van der Waals surface area contributed by atoms with Gasteiger partial charge in [0.2, 0.25) is 0 Å². The van der Waals surface area contributed by atoms with Crippen LogP contribution in [0.3, 0.4) is 0 Å². The molecular weight excluding hydrogens is 340 g/mol. The summed E-state index contributed by atoms with van der Waals surface area (Å²) in [6, 6.07) is 0. The van der Waals surface area contributed by atoms with Crippen molar-refractivity contribution in [2.75, 3.05) is 0 Å². The Kier molecular flexibility index (Phi) is 3.76. The molecule has 0 aromatic carbocycles. The van der Waals surface area contributed by atoms with Gasteiger partial charge in [0.1, 0.15) is 0 Å². The largest absolute Gasteiger partial charge is 0.393 e. The van der Waals surface area contributed by atoms with E-state index in [1.165, 1.54) is 32.1 Å². The third kappa shape index (κ3) is 2.04. The minimum absolute atomic E-state index is 0.0521. The van der Waals surface area contributed by atoms with Gasteiger partial charge in [-0.3, -0.25) is 0 Å². The minimum atomic E-state index is -0.169. The molecular formula is C19H31BrO2. The lowest BCUT2D eigenvalue weighted by atomic mass is 9.45. The maximum atomic E-state index is 10.7. The topological polar surface area (TPSA) is 40.5 Å². The molecule has 0 aromatic rings. The van der Waals surface area contributed by atoms with Gasteiger partial charge in [0, 0.05) is 4.83 Å². The minimum Gasteiger partial charge on any atom is -0.393 e. The van der Waals surface area contributed by atoms with Crippen LogP contribution in [-0.2, 0) is 0 Å². The highest BCUT2D eigenvalue weighted by atomic mass is 79.9. The van der Waals surface area contributed by atoms with Crippen LogP contribution >= 0.6 is 15.9 Å². The number of hydrogen-bond donors (Lipinski definition) is 2. The van der Waals surface area contributed by atoms with E-state index < -0.39 is 0 Å². The van der Waals surface area contributed by atoms with Gasteiger partial charge in [0.25, 0.3) is 0 Å². The molecule has 4 aliphatic carbocycles. The summed E-state index contributed by atoms with van der Waals surface area (Å²) in [6.45, 7) is 4.87. The first-order valence-electron chi connectivity index (χ1n) is 9.36. The molecule has 3 heteroatoms. The van der Waals surface area contributed by atoms with Gasteiger partial charge in [-0.2, -0.15) is 0 Å². The number of alkyl halides is 1. The molecule has 4 rings (SSSR count). The van der Waals surface area contributed by atoms with E-state index in [-0.39, 0.29) is 17.6 Å². The third-order valence-electron chi connectivity index (χ3n) is 8.57. The zero-order valence-corrected chi connectivity index (χ0v) is 15.6. The van der Waals surface area contributed by atoms with Crippen LogP contribution < -0.4 is 0 Å². The van der Waals surface area contributed by atoms with Crippen LogP contribution in [0, 0.1) is 34.5 Å². The highest BCUT2D eigenvalue weighted by molar-refractivity contribution is 9.09. The van der Waals surface area contributed by atoms with Crippen LogP contribution in [0.2, 0.25) is 0 Å². The van der Waals surface area contributed by atoms with Crippen LogP contribution in [0.1, 0.15) is 65.2 Å². The summed E-state index contributed by atoms with van der Waals surface area (Å²) in [7, 11) is 0. The molecule has 0 bridgehead atoms. The van der Waals surface area contributed by atoms with E-state index >= 15 is 0 Å². The van der Waals surface area contributed by atoms with Crippen LogP contribution in [-0.4, -0.2) is 27.2 Å². The molecule has 0 saturated heterocycles. The van der Waals surface area contributed by atoms with E-state index in [2.05, 4.69) is 29.8 Å². The second-order valence-electron chi connectivity index (χ2n) is 9.33. The van der Waals surface area contributed by atoms with Gasteiger partial charge in [-0.25, -0.2) is 0 Å². The van der Waals surface area contributed by atoms with Crippen molar-refractivity contribution in [3.05, 3.63) is 0 Å². The van der Waals surface area contributed by atoms with Crippen molar-refractivity contribution in [2.45, 2.75) is 82.2 Å². The number of rotatable bonds is 0. The van der Waals surface area contributed by atoms with Crippen molar-refractivity contribution in [3.8, 4) is 0 Å². The summed E-state index contributed by atoms with van der Waals surface area (Å²) in [6.07, 6.45) is 9.28. The average molecular weight is 371 g/mol. The lowest BCUT2D eigenvalue weighted by molar-refractivity contribution is -0.133. The molecule has 2 nitrogen and oxygen atoms in total. The van der Waals surface area contributed by atoms with Crippen LogP contribution in [0.15, 0.2) is 0 Å². The number of fused-ring (bicyclic) bond motifs is 5. The van der Waals surface area contributed by atoms with E-state index in [4.69, 9.17) is 0 Å². The van der Waals surface area contributed by atoms with Crippen molar-refractivity contribution in [1.29, 1.82) is 0 Å². The lowest BCUT2D eigenvalue weighted by Gasteiger charge is -2.60. The van der Waals surface area contributed by atoms with E-state index in [1.807, 2.05) is 0 Å². The fourth-order valence-corrected chi connectivity index (χ4v) is 8.19. The van der Waals surface area contributed by atoms with Gasteiger partial charge in [0.05, 0.1) is 12.2 Å². The van der Waals surface area contributed by atoms with Crippen LogP contribution in [0.4, 0.5) is 0 Å². The first kappa shape index (κ1) is 15.9. The molecule has 2 N–H and O–H groups in total. The first-order valence-corrected chi connectivity index (χ1v) is 10.3. The first-order chi connectivity index (χ1) is 10.4. The zero-order chi connectivity index (χ0) is 15.7. The maximum absolute atomic E-state index is 10.7. The molecule has 0 aromatic heterocycles. The fraction of sp³-hybridized carbons (Fsp3) is 1.00. The molecule has 0 spiro atoms. The number of aliphatic hydroxyl groups is 2. The van der Waals surface area contributed by atoms with Gasteiger partial charge in [-0.05, 0) is 85.9 Å². The van der Waals surface area contributed by atoms with Crippen molar-refractivity contribution < 1.29 is 10.2 Å². The molecule has 0 amide bonds. The Balaban J connectivity index is 1.63. The van der Waals surface area contributed by atoms with E-state index in [9.17, 15) is 10.2 Å². The zero-order valence-electron chi connectivity index (χ0n) is 14.0. The summed E-state index contributed by atoms with van der Waals surface area (Å²) in [5.74, 6) is 3.04. The molecule has 4 saturated carbocycles. The fourth-order valence-electron chi connectivity index (χ4n) is 7.18. The SMILES string of the molecule is C[C@]12CC[C@H]3[C@@H](CCC4C[C@H](O)CC[C@@]43C)[C@@H]1C[C@@H](Br)[C@@H]2O. The Morgan fingerprint density at radius 1 is 0.864 bits per heavy atom. The standard InChI is InChI=1S/C19H31BrO2/c1-18-7-5-12(21)9-11(18)3-4-13-14(18)6-8-19(2)15(13)10-16(20)17(19)22/h11-17,21-22H,3-10H2,1-2H3/t11?,12-,13-,14+,15+,16-,17+,18+,19+/m1/s1. The molecule has 0 heterocycles. The van der Waals surface area contributed by atoms with Crippen LogP contribution in [0.5, 0.6) is 0 Å². The highest BCUT2D eigenvalue weighted by Gasteiger charge is 2.61. The van der Waals surface area contributed by atoms with Crippen molar-refractivity contribution in [3.63, 3.8) is 0 Å². The number of aliphatic hydroxyl groups excluding tert-OH is 2. The van der Waals surface area contributed by atoms with Crippen molar-refractivity contribution in [2.24, 2.45) is 34.5 Å². The monoisotopic (exact) mass is 370 g/mol. The predicted molar refractivity (Wildman–Crippen MR) is 91.8 cm³/mol. The Hall–Kier alpha value is 0.400. The quantitative estimate of drug-likeness (QED) is 0.629. The van der Waals surface area contributed by atoms with E-state index in [0.717, 1.165) is 37.0 Å². The van der Waals surface area contributed by atoms with Crippen molar-refractivity contribution >= 4 is 15.9 Å². The Bertz CT molecular complexity index is 455. The van der Waals surface area contributed by atoms with Crippen molar-refractivity contribution in [1.82, 2.24) is 0 Å². The number of halogens is 1. The van der Waals surface area contributed by atoms with E-state index in [1.54, 1.807) is 0 Å². The average Bonchev–Trinajstić information content (AvgIpc) is 2.72. The van der Waals surface area contributed by atoms with Gasteiger partial charge in [-0.1, -0.05) is 29.8 Å². The Morgan fingerprint density at radius 2 is 1.59 bits per heavy atom. The highest BCUT2D eigenvalue weighted by Crippen LogP contribution is 2.66. The smallest absolute Gasteiger partial charge is 0.0721 e. The summed E-state index contributed by atoms with van der Waals surface area (Å²) < 4.78 is 0. The van der Waals surface area contributed by atoms with Gasteiger partial charge in [0.15, 0.2) is 0 Å². The third-order valence-corrected chi connectivity index (χ3v) is 9.45. The molecule has 4 aliphatic rings. The second kappa shape index (κ2) is 5.20.